The van der Waals surface area contributed by atoms with Crippen LogP contribution in [-0.4, -0.2) is 67.0 Å². The van der Waals surface area contributed by atoms with Gasteiger partial charge in [0.25, 0.3) is 0 Å². The van der Waals surface area contributed by atoms with Crippen LogP contribution in [0.3, 0.4) is 0 Å². The number of nitrogens with zero attached hydrogens (tertiary/aromatic N) is 2. The number of carbonyl (C=O) groups excluding carboxylic acids is 1. The Morgan fingerprint density at radius 2 is 1.64 bits per heavy atom. The average molecular weight is 312 g/mol. The van der Waals surface area contributed by atoms with Crippen molar-refractivity contribution in [2.45, 2.75) is 64.7 Å². The fraction of sp³-hybridized carbons (Fsp3) is 0.933. The third kappa shape index (κ3) is 2.68. The fourth-order valence-corrected chi connectivity index (χ4v) is 3.32. The minimum absolute atomic E-state index is 0.0274. The number of esters is 1. The second-order valence-corrected chi connectivity index (χ2v) is 7.32. The van der Waals surface area contributed by atoms with E-state index in [9.17, 15) is 4.79 Å². The first-order valence-corrected chi connectivity index (χ1v) is 8.01. The highest BCUT2D eigenvalue weighted by molar-refractivity contribution is 6.47. The zero-order chi connectivity index (χ0) is 16.9. The predicted molar refractivity (Wildman–Crippen MR) is 85.0 cm³/mol. The molecule has 3 atom stereocenters. The molecule has 0 spiro atoms. The first-order chi connectivity index (χ1) is 10.0. The smallest absolute Gasteiger partial charge is 0.465 e. The van der Waals surface area contributed by atoms with Gasteiger partial charge in [-0.05, 0) is 40.5 Å². The average Bonchev–Trinajstić information content (AvgIpc) is 2.71. The minimum atomic E-state index is -0.376. The number of carbonyl (C=O) groups is 1. The van der Waals surface area contributed by atoms with E-state index in [0.717, 1.165) is 0 Å². The summed E-state index contributed by atoms with van der Waals surface area (Å²) in [6, 6.07) is -0.311. The molecule has 0 bridgehead atoms. The van der Waals surface area contributed by atoms with Crippen molar-refractivity contribution in [2.75, 3.05) is 20.7 Å². The number of rotatable bonds is 3. The Balaban J connectivity index is 2.21. The van der Waals surface area contributed by atoms with E-state index in [4.69, 9.17) is 14.0 Å². The second kappa shape index (κ2) is 5.78. The van der Waals surface area contributed by atoms with E-state index >= 15 is 0 Å². The van der Waals surface area contributed by atoms with E-state index in [-0.39, 0.29) is 42.2 Å². The number of ether oxygens (including phenoxy) is 1. The molecule has 2 aliphatic heterocycles. The summed E-state index contributed by atoms with van der Waals surface area (Å²) in [5, 5.41) is 3.97. The maximum Gasteiger partial charge on any atom is 0.478 e. The zero-order valence-corrected chi connectivity index (χ0v) is 15.0. The lowest BCUT2D eigenvalue weighted by atomic mass is 9.70. The Morgan fingerprint density at radius 3 is 2.09 bits per heavy atom. The molecular formula is C15H29BN2O4. The molecule has 2 aliphatic rings. The Morgan fingerprint density at radius 1 is 1.14 bits per heavy atom. The minimum Gasteiger partial charge on any atom is -0.465 e. The molecule has 0 radical (unpaired) electrons. The van der Waals surface area contributed by atoms with Crippen LogP contribution in [0, 0.1) is 5.92 Å². The Kier molecular flexibility index (Phi) is 4.66. The van der Waals surface area contributed by atoms with Crippen LogP contribution >= 0.6 is 0 Å². The van der Waals surface area contributed by atoms with Crippen LogP contribution in [0.25, 0.3) is 0 Å². The van der Waals surface area contributed by atoms with Crippen molar-refractivity contribution in [1.82, 2.24) is 10.0 Å². The quantitative estimate of drug-likeness (QED) is 0.579. The van der Waals surface area contributed by atoms with Crippen LogP contribution in [0.2, 0.25) is 0 Å². The summed E-state index contributed by atoms with van der Waals surface area (Å²) in [6.07, 6.45) is 0. The molecule has 0 aliphatic carbocycles. The molecule has 0 amide bonds. The van der Waals surface area contributed by atoms with Gasteiger partial charge in [-0.2, -0.15) is 0 Å². The van der Waals surface area contributed by atoms with Crippen LogP contribution in [0.15, 0.2) is 0 Å². The van der Waals surface area contributed by atoms with Gasteiger partial charge in [-0.3, -0.25) is 4.79 Å². The number of hydrogen-bond donors (Lipinski definition) is 0. The van der Waals surface area contributed by atoms with Gasteiger partial charge in [0.15, 0.2) is 0 Å². The normalized spacial score (nSPS) is 35.1. The number of hydrogen-bond acceptors (Lipinski definition) is 6. The third-order valence-electron chi connectivity index (χ3n) is 5.45. The van der Waals surface area contributed by atoms with Crippen molar-refractivity contribution in [3.8, 4) is 0 Å². The summed E-state index contributed by atoms with van der Waals surface area (Å²) < 4.78 is 17.6. The maximum atomic E-state index is 12.3. The molecule has 6 nitrogen and oxygen atoms in total. The maximum absolute atomic E-state index is 12.3. The SMILES string of the molecule is CCOC(=O)C1C(C)C(B2OC(C)(C)C(C)(C)O2)N(C)N1C. The first kappa shape index (κ1) is 17.7. The molecule has 22 heavy (non-hydrogen) atoms. The van der Waals surface area contributed by atoms with Crippen LogP contribution in [0.1, 0.15) is 41.5 Å². The molecule has 2 heterocycles. The highest BCUT2D eigenvalue weighted by Gasteiger charge is 2.60. The monoisotopic (exact) mass is 312 g/mol. The fourth-order valence-electron chi connectivity index (χ4n) is 3.32. The topological polar surface area (TPSA) is 51.2 Å². The highest BCUT2D eigenvalue weighted by atomic mass is 16.7. The van der Waals surface area contributed by atoms with Crippen molar-refractivity contribution in [3.63, 3.8) is 0 Å². The van der Waals surface area contributed by atoms with Gasteiger partial charge in [-0.25, -0.2) is 10.0 Å². The van der Waals surface area contributed by atoms with Gasteiger partial charge < -0.3 is 14.0 Å². The van der Waals surface area contributed by atoms with Crippen molar-refractivity contribution in [2.24, 2.45) is 5.92 Å². The lowest BCUT2D eigenvalue weighted by molar-refractivity contribution is -0.152. The number of hydrazine groups is 1. The summed E-state index contributed by atoms with van der Waals surface area (Å²) >= 11 is 0. The van der Waals surface area contributed by atoms with Gasteiger partial charge in [-0.15, -0.1) is 0 Å². The second-order valence-electron chi connectivity index (χ2n) is 7.32. The summed E-state index contributed by atoms with van der Waals surface area (Å²) in [5.41, 5.74) is -0.752. The Labute approximate surface area is 134 Å². The van der Waals surface area contributed by atoms with Gasteiger partial charge in [0.1, 0.15) is 6.04 Å². The molecule has 0 aromatic carbocycles. The molecule has 2 fully saturated rings. The van der Waals surface area contributed by atoms with Crippen molar-refractivity contribution < 1.29 is 18.8 Å². The molecule has 3 unspecified atom stereocenters. The zero-order valence-electron chi connectivity index (χ0n) is 15.0. The van der Waals surface area contributed by atoms with Gasteiger partial charge in [0, 0.05) is 14.1 Å². The summed E-state index contributed by atoms with van der Waals surface area (Å²) in [5.74, 6) is -0.174. The molecule has 7 heteroatoms. The lowest BCUT2D eigenvalue weighted by Crippen LogP contribution is -2.48. The van der Waals surface area contributed by atoms with Crippen LogP contribution < -0.4 is 0 Å². The molecule has 0 N–H and O–H groups in total. The Bertz CT molecular complexity index is 427. The summed E-state index contributed by atoms with van der Waals surface area (Å²) in [6.45, 7) is 12.4. The van der Waals surface area contributed by atoms with E-state index in [2.05, 4.69) is 6.92 Å². The van der Waals surface area contributed by atoms with Gasteiger partial charge in [0.05, 0.1) is 23.8 Å². The van der Waals surface area contributed by atoms with E-state index in [1.54, 1.807) is 0 Å². The Hall–Kier alpha value is -0.625. The highest BCUT2D eigenvalue weighted by Crippen LogP contribution is 2.41. The van der Waals surface area contributed by atoms with Crippen molar-refractivity contribution in [1.29, 1.82) is 0 Å². The van der Waals surface area contributed by atoms with Crippen LogP contribution in [0.4, 0.5) is 0 Å². The van der Waals surface area contributed by atoms with E-state index in [1.165, 1.54) is 0 Å². The molecule has 2 rings (SSSR count). The van der Waals surface area contributed by atoms with Crippen molar-refractivity contribution >= 4 is 13.1 Å². The molecule has 0 aromatic rings. The molecule has 0 aromatic heterocycles. The van der Waals surface area contributed by atoms with Crippen molar-refractivity contribution in [3.05, 3.63) is 0 Å². The summed E-state index contributed by atoms with van der Waals surface area (Å²) in [4.78, 5) is 12.3. The van der Waals surface area contributed by atoms with E-state index in [0.29, 0.717) is 6.61 Å². The number of likely N-dealkylation sites (N-methyl/N-ethyl adjacent to an activating group) is 1. The third-order valence-corrected chi connectivity index (χ3v) is 5.45. The first-order valence-electron chi connectivity index (χ1n) is 8.01. The van der Waals surface area contributed by atoms with E-state index in [1.807, 2.05) is 58.7 Å². The molecule has 2 saturated heterocycles. The summed E-state index contributed by atoms with van der Waals surface area (Å²) in [7, 11) is 3.50. The molecule has 0 saturated carbocycles. The standard InChI is InChI=1S/C15H29BN2O4/c1-9-20-13(19)11-10(2)12(18(8)17(11)7)16-21-14(3,4)15(5,6)22-16/h10-12H,9H2,1-8H3. The van der Waals surface area contributed by atoms with Gasteiger partial charge in [0.2, 0.25) is 0 Å². The van der Waals surface area contributed by atoms with Gasteiger partial charge >= 0.3 is 13.1 Å². The van der Waals surface area contributed by atoms with Crippen LogP contribution in [-0.2, 0) is 18.8 Å². The largest absolute Gasteiger partial charge is 0.478 e. The van der Waals surface area contributed by atoms with E-state index < -0.39 is 0 Å². The van der Waals surface area contributed by atoms with Crippen LogP contribution in [0.5, 0.6) is 0 Å². The predicted octanol–water partition coefficient (Wildman–Crippen LogP) is 1.35. The molecular weight excluding hydrogens is 283 g/mol. The lowest BCUT2D eigenvalue weighted by Gasteiger charge is -2.32. The molecule has 126 valence electrons. The van der Waals surface area contributed by atoms with Gasteiger partial charge in [-0.1, -0.05) is 6.92 Å².